The molecule has 0 aliphatic rings. The van der Waals surface area contributed by atoms with Crippen molar-refractivity contribution in [3.8, 4) is 0 Å². The lowest BCUT2D eigenvalue weighted by Crippen LogP contribution is -2.09. The molecule has 0 aromatic heterocycles. The van der Waals surface area contributed by atoms with E-state index in [-0.39, 0.29) is 17.3 Å². The summed E-state index contributed by atoms with van der Waals surface area (Å²) < 4.78 is 62.5. The molecule has 0 spiro atoms. The lowest BCUT2D eigenvalue weighted by molar-refractivity contribution is -0.136. The molecule has 102 valence electrons. The molecule has 7 heteroatoms. The number of alkyl halides is 3. The molecular formula is C11H10BrF5O. The van der Waals surface area contributed by atoms with E-state index in [1.165, 1.54) is 0 Å². The Morgan fingerprint density at radius 1 is 1.17 bits per heavy atom. The number of rotatable bonds is 4. The van der Waals surface area contributed by atoms with Crippen molar-refractivity contribution in [3.05, 3.63) is 33.8 Å². The quantitative estimate of drug-likeness (QED) is 0.805. The molecule has 0 radical (unpaired) electrons. The highest BCUT2D eigenvalue weighted by molar-refractivity contribution is 9.10. The van der Waals surface area contributed by atoms with Gasteiger partial charge in [-0.1, -0.05) is 15.9 Å². The Morgan fingerprint density at radius 3 is 2.11 bits per heavy atom. The van der Waals surface area contributed by atoms with Crippen molar-refractivity contribution in [2.45, 2.75) is 31.5 Å². The summed E-state index contributed by atoms with van der Waals surface area (Å²) in [5, 5.41) is 9.51. The maximum atomic E-state index is 13.4. The van der Waals surface area contributed by atoms with Gasteiger partial charge in [-0.05, 0) is 25.0 Å². The average Bonchev–Trinajstić information content (AvgIpc) is 2.13. The molecule has 1 aromatic rings. The third-order valence-electron chi connectivity index (χ3n) is 2.31. The van der Waals surface area contributed by atoms with Crippen molar-refractivity contribution in [2.24, 2.45) is 0 Å². The average molecular weight is 333 g/mol. The zero-order chi connectivity index (χ0) is 13.9. The summed E-state index contributed by atoms with van der Waals surface area (Å²) in [6.07, 6.45) is -7.75. The van der Waals surface area contributed by atoms with Crippen LogP contribution in [0.1, 0.15) is 30.9 Å². The highest BCUT2D eigenvalue weighted by atomic mass is 79.9. The molecule has 0 saturated carbocycles. The van der Waals surface area contributed by atoms with Gasteiger partial charge in [0.15, 0.2) is 0 Å². The van der Waals surface area contributed by atoms with Crippen molar-refractivity contribution >= 4 is 15.9 Å². The van der Waals surface area contributed by atoms with Crippen LogP contribution in [0, 0.1) is 11.6 Å². The van der Waals surface area contributed by atoms with Gasteiger partial charge in [0.1, 0.15) is 11.6 Å². The van der Waals surface area contributed by atoms with Gasteiger partial charge in [0.25, 0.3) is 0 Å². The molecule has 0 saturated heterocycles. The van der Waals surface area contributed by atoms with Gasteiger partial charge in [-0.15, -0.1) is 0 Å². The number of hydrogen-bond acceptors (Lipinski definition) is 1. The van der Waals surface area contributed by atoms with Crippen LogP contribution in [0.15, 0.2) is 16.6 Å². The Labute approximate surface area is 109 Å². The number of benzene rings is 1. The molecule has 0 heterocycles. The van der Waals surface area contributed by atoms with Crippen LogP contribution in [0.4, 0.5) is 22.0 Å². The number of halogens is 6. The first-order valence-corrected chi connectivity index (χ1v) is 5.89. The first-order chi connectivity index (χ1) is 8.20. The normalized spacial score (nSPS) is 13.7. The molecule has 0 aliphatic heterocycles. The summed E-state index contributed by atoms with van der Waals surface area (Å²) in [6, 6.07) is 1.90. The monoisotopic (exact) mass is 332 g/mol. The summed E-state index contributed by atoms with van der Waals surface area (Å²) in [5.74, 6) is -1.97. The van der Waals surface area contributed by atoms with Crippen LogP contribution >= 0.6 is 15.9 Å². The molecule has 0 fully saturated rings. The van der Waals surface area contributed by atoms with E-state index in [4.69, 9.17) is 0 Å². The predicted molar refractivity (Wildman–Crippen MR) is 58.9 cm³/mol. The number of hydrogen-bond donors (Lipinski definition) is 1. The van der Waals surface area contributed by atoms with Crippen LogP contribution in [0.25, 0.3) is 0 Å². The van der Waals surface area contributed by atoms with Gasteiger partial charge in [-0.3, -0.25) is 0 Å². The molecule has 0 aliphatic carbocycles. The highest BCUT2D eigenvalue weighted by Crippen LogP contribution is 2.30. The van der Waals surface area contributed by atoms with Crippen molar-refractivity contribution in [1.29, 1.82) is 0 Å². The Bertz CT molecular complexity index is 395. The van der Waals surface area contributed by atoms with Crippen LogP contribution < -0.4 is 0 Å². The fourth-order valence-corrected chi connectivity index (χ4v) is 1.91. The van der Waals surface area contributed by atoms with Crippen molar-refractivity contribution in [1.82, 2.24) is 0 Å². The van der Waals surface area contributed by atoms with E-state index in [9.17, 15) is 27.1 Å². The first-order valence-electron chi connectivity index (χ1n) is 5.10. The molecule has 1 rings (SSSR count). The Morgan fingerprint density at radius 2 is 1.67 bits per heavy atom. The van der Waals surface area contributed by atoms with E-state index in [0.717, 1.165) is 12.1 Å². The zero-order valence-electron chi connectivity index (χ0n) is 9.07. The summed E-state index contributed by atoms with van der Waals surface area (Å²) in [5.41, 5.74) is -0.597. The minimum atomic E-state index is -4.34. The third kappa shape index (κ3) is 4.53. The second kappa shape index (κ2) is 5.97. The SMILES string of the molecule is OC(CCCC(F)(F)F)c1c(F)cc(Br)cc1F. The van der Waals surface area contributed by atoms with Gasteiger partial charge in [-0.2, -0.15) is 13.2 Å². The van der Waals surface area contributed by atoms with Crippen LogP contribution in [0.3, 0.4) is 0 Å². The lowest BCUT2D eigenvalue weighted by atomic mass is 10.0. The topological polar surface area (TPSA) is 20.2 Å². The summed E-state index contributed by atoms with van der Waals surface area (Å²) in [6.45, 7) is 0. The second-order valence-electron chi connectivity index (χ2n) is 3.81. The largest absolute Gasteiger partial charge is 0.389 e. The minimum absolute atomic E-state index is 0.156. The third-order valence-corrected chi connectivity index (χ3v) is 2.77. The Balaban J connectivity index is 2.70. The van der Waals surface area contributed by atoms with Crippen molar-refractivity contribution < 1.29 is 27.1 Å². The van der Waals surface area contributed by atoms with E-state index in [1.807, 2.05) is 0 Å². The van der Waals surface area contributed by atoms with E-state index < -0.39 is 35.9 Å². The molecule has 1 unspecified atom stereocenters. The van der Waals surface area contributed by atoms with Gasteiger partial charge in [-0.25, -0.2) is 8.78 Å². The predicted octanol–water partition coefficient (Wildman–Crippen LogP) is 4.49. The Kier molecular flexibility index (Phi) is 5.10. The minimum Gasteiger partial charge on any atom is -0.388 e. The zero-order valence-corrected chi connectivity index (χ0v) is 10.7. The van der Waals surface area contributed by atoms with Gasteiger partial charge in [0.2, 0.25) is 0 Å². The molecular weight excluding hydrogens is 323 g/mol. The van der Waals surface area contributed by atoms with Crippen LogP contribution in [0.5, 0.6) is 0 Å². The van der Waals surface area contributed by atoms with Gasteiger partial charge in [0, 0.05) is 10.9 Å². The molecule has 0 bridgehead atoms. The maximum Gasteiger partial charge on any atom is 0.389 e. The molecule has 1 aromatic carbocycles. The maximum absolute atomic E-state index is 13.4. The summed E-state index contributed by atoms with van der Waals surface area (Å²) in [4.78, 5) is 0. The van der Waals surface area contributed by atoms with Crippen LogP contribution in [-0.2, 0) is 0 Å². The fraction of sp³-hybridized carbons (Fsp3) is 0.455. The Hall–Kier alpha value is -0.690. The smallest absolute Gasteiger partial charge is 0.388 e. The molecule has 0 amide bonds. The standard InChI is InChI=1S/C11H10BrF5O/c12-6-4-7(13)10(8(14)5-6)9(18)2-1-3-11(15,16)17/h4-5,9,18H,1-3H2. The molecule has 1 nitrogen and oxygen atoms in total. The fourth-order valence-electron chi connectivity index (χ4n) is 1.51. The number of aliphatic hydroxyl groups excluding tert-OH is 1. The van der Waals surface area contributed by atoms with E-state index >= 15 is 0 Å². The first kappa shape index (κ1) is 15.4. The highest BCUT2D eigenvalue weighted by Gasteiger charge is 2.27. The van der Waals surface area contributed by atoms with Crippen LogP contribution in [-0.4, -0.2) is 11.3 Å². The summed E-state index contributed by atoms with van der Waals surface area (Å²) >= 11 is 2.86. The van der Waals surface area contributed by atoms with Crippen molar-refractivity contribution in [2.75, 3.05) is 0 Å². The number of aliphatic hydroxyl groups is 1. The van der Waals surface area contributed by atoms with Gasteiger partial charge < -0.3 is 5.11 Å². The molecule has 18 heavy (non-hydrogen) atoms. The second-order valence-corrected chi connectivity index (χ2v) is 4.72. The van der Waals surface area contributed by atoms with Crippen molar-refractivity contribution in [3.63, 3.8) is 0 Å². The van der Waals surface area contributed by atoms with E-state index in [1.54, 1.807) is 0 Å². The molecule has 1 atom stereocenters. The lowest BCUT2D eigenvalue weighted by Gasteiger charge is -2.14. The van der Waals surface area contributed by atoms with Crippen LogP contribution in [0.2, 0.25) is 0 Å². The van der Waals surface area contributed by atoms with Gasteiger partial charge >= 0.3 is 6.18 Å². The molecule has 1 N–H and O–H groups in total. The van der Waals surface area contributed by atoms with E-state index in [0.29, 0.717) is 0 Å². The summed E-state index contributed by atoms with van der Waals surface area (Å²) in [7, 11) is 0. The van der Waals surface area contributed by atoms with E-state index in [2.05, 4.69) is 15.9 Å². The van der Waals surface area contributed by atoms with Gasteiger partial charge in [0.05, 0.1) is 11.7 Å².